The number of benzene rings is 1. The van der Waals surface area contributed by atoms with Crippen LogP contribution < -0.4 is 0 Å². The zero-order valence-corrected chi connectivity index (χ0v) is 9.80. The second-order valence-electron chi connectivity index (χ2n) is 3.34. The molecule has 78 valence electrons. The van der Waals surface area contributed by atoms with Gasteiger partial charge in [0.2, 0.25) is 5.78 Å². The van der Waals surface area contributed by atoms with E-state index >= 15 is 0 Å². The van der Waals surface area contributed by atoms with Gasteiger partial charge in [0.25, 0.3) is 0 Å². The first-order valence-electron chi connectivity index (χ1n) is 4.84. The van der Waals surface area contributed by atoms with Gasteiger partial charge in [-0.1, -0.05) is 31.0 Å². The molecular weight excluding hydrogens is 204 g/mol. The molecule has 0 amide bonds. The SMILES string of the molecule is CSCC(C)C(=O)C#Cc1ccccc1. The average Bonchev–Trinajstić information content (AvgIpc) is 2.27. The monoisotopic (exact) mass is 218 g/mol. The standard InChI is InChI=1S/C13H14OS/c1-11(10-15-2)13(14)9-8-12-6-4-3-5-7-12/h3-7,11H,10H2,1-2H3. The minimum atomic E-state index is 0.0215. The molecule has 0 bridgehead atoms. The Morgan fingerprint density at radius 1 is 1.40 bits per heavy atom. The largest absolute Gasteiger partial charge is 0.285 e. The highest BCUT2D eigenvalue weighted by molar-refractivity contribution is 7.98. The van der Waals surface area contributed by atoms with Crippen molar-refractivity contribution in [3.63, 3.8) is 0 Å². The van der Waals surface area contributed by atoms with Crippen LogP contribution in [0.2, 0.25) is 0 Å². The van der Waals surface area contributed by atoms with E-state index < -0.39 is 0 Å². The van der Waals surface area contributed by atoms with Crippen molar-refractivity contribution < 1.29 is 4.79 Å². The van der Waals surface area contributed by atoms with Crippen LogP contribution in [0.25, 0.3) is 0 Å². The van der Waals surface area contributed by atoms with Crippen molar-refractivity contribution in [2.24, 2.45) is 5.92 Å². The normalized spacial score (nSPS) is 11.3. The lowest BCUT2D eigenvalue weighted by atomic mass is 10.1. The topological polar surface area (TPSA) is 17.1 Å². The summed E-state index contributed by atoms with van der Waals surface area (Å²) in [6, 6.07) is 9.57. The highest BCUT2D eigenvalue weighted by Crippen LogP contribution is 2.05. The Morgan fingerprint density at radius 3 is 2.67 bits per heavy atom. The summed E-state index contributed by atoms with van der Waals surface area (Å²) in [6.45, 7) is 1.92. The summed E-state index contributed by atoms with van der Waals surface area (Å²) >= 11 is 1.67. The molecule has 0 N–H and O–H groups in total. The summed E-state index contributed by atoms with van der Waals surface area (Å²) in [6.07, 6.45) is 1.99. The van der Waals surface area contributed by atoms with Crippen LogP contribution >= 0.6 is 11.8 Å². The van der Waals surface area contributed by atoms with Crippen molar-refractivity contribution >= 4 is 17.5 Å². The van der Waals surface area contributed by atoms with Crippen LogP contribution in [-0.2, 0) is 4.79 Å². The number of carbonyl (C=O) groups excluding carboxylic acids is 1. The number of hydrogen-bond acceptors (Lipinski definition) is 2. The predicted molar refractivity (Wildman–Crippen MR) is 65.9 cm³/mol. The lowest BCUT2D eigenvalue weighted by molar-refractivity contribution is -0.116. The molecular formula is C13H14OS. The molecule has 2 heteroatoms. The number of Topliss-reactive ketones (excluding diaryl/α,β-unsaturated/α-hetero) is 1. The summed E-state index contributed by atoms with van der Waals surface area (Å²) in [5.41, 5.74) is 0.891. The molecule has 0 aliphatic carbocycles. The Bertz CT molecular complexity index is 373. The summed E-state index contributed by atoms with van der Waals surface area (Å²) in [7, 11) is 0. The van der Waals surface area contributed by atoms with Gasteiger partial charge >= 0.3 is 0 Å². The second-order valence-corrected chi connectivity index (χ2v) is 4.25. The number of ketones is 1. The van der Waals surface area contributed by atoms with Crippen LogP contribution in [0.3, 0.4) is 0 Å². The predicted octanol–water partition coefficient (Wildman–Crippen LogP) is 2.61. The van der Waals surface area contributed by atoms with Gasteiger partial charge in [-0.05, 0) is 24.3 Å². The molecule has 1 aromatic carbocycles. The van der Waals surface area contributed by atoms with Gasteiger partial charge in [-0.15, -0.1) is 0 Å². The zero-order valence-electron chi connectivity index (χ0n) is 8.99. The fourth-order valence-electron chi connectivity index (χ4n) is 1.10. The molecule has 0 fully saturated rings. The smallest absolute Gasteiger partial charge is 0.209 e. The Morgan fingerprint density at radius 2 is 2.07 bits per heavy atom. The van der Waals surface area contributed by atoms with E-state index in [2.05, 4.69) is 11.8 Å². The van der Waals surface area contributed by atoms with Gasteiger partial charge in [0.05, 0.1) is 0 Å². The van der Waals surface area contributed by atoms with Crippen molar-refractivity contribution in [3.8, 4) is 11.8 Å². The molecule has 0 aliphatic rings. The number of carbonyl (C=O) groups is 1. The summed E-state index contributed by atoms with van der Waals surface area (Å²) in [5.74, 6) is 6.44. The third-order valence-corrected chi connectivity index (χ3v) is 2.80. The van der Waals surface area contributed by atoms with Crippen LogP contribution in [0.5, 0.6) is 0 Å². The maximum Gasteiger partial charge on any atom is 0.209 e. The van der Waals surface area contributed by atoms with Gasteiger partial charge in [0.15, 0.2) is 0 Å². The van der Waals surface area contributed by atoms with Gasteiger partial charge in [-0.2, -0.15) is 11.8 Å². The molecule has 0 saturated carbocycles. The van der Waals surface area contributed by atoms with Gasteiger partial charge in [-0.25, -0.2) is 0 Å². The first-order valence-corrected chi connectivity index (χ1v) is 6.23. The van der Waals surface area contributed by atoms with Crippen LogP contribution in [0, 0.1) is 17.8 Å². The van der Waals surface area contributed by atoms with E-state index in [9.17, 15) is 4.79 Å². The zero-order chi connectivity index (χ0) is 11.1. The first-order chi connectivity index (χ1) is 7.24. The molecule has 0 heterocycles. The lowest BCUT2D eigenvalue weighted by Crippen LogP contribution is -2.10. The Labute approximate surface area is 95.3 Å². The van der Waals surface area contributed by atoms with Crippen molar-refractivity contribution in [3.05, 3.63) is 35.9 Å². The Balaban J connectivity index is 2.62. The maximum absolute atomic E-state index is 11.5. The van der Waals surface area contributed by atoms with Crippen molar-refractivity contribution in [2.75, 3.05) is 12.0 Å². The van der Waals surface area contributed by atoms with Crippen LogP contribution in [0.1, 0.15) is 12.5 Å². The van der Waals surface area contributed by atoms with Gasteiger partial charge in [-0.3, -0.25) is 4.79 Å². The third kappa shape index (κ3) is 4.22. The molecule has 0 saturated heterocycles. The minimum absolute atomic E-state index is 0.0215. The van der Waals surface area contributed by atoms with E-state index in [0.717, 1.165) is 11.3 Å². The fraction of sp³-hybridized carbons (Fsp3) is 0.308. The van der Waals surface area contributed by atoms with Crippen LogP contribution in [0.15, 0.2) is 30.3 Å². The fourth-order valence-corrected chi connectivity index (χ4v) is 1.76. The minimum Gasteiger partial charge on any atom is -0.285 e. The van der Waals surface area contributed by atoms with Crippen molar-refractivity contribution in [1.82, 2.24) is 0 Å². The summed E-state index contributed by atoms with van der Waals surface area (Å²) in [5, 5.41) is 0. The molecule has 1 rings (SSSR count). The van der Waals surface area contributed by atoms with Crippen molar-refractivity contribution in [1.29, 1.82) is 0 Å². The van der Waals surface area contributed by atoms with E-state index in [0.29, 0.717) is 0 Å². The van der Waals surface area contributed by atoms with E-state index in [-0.39, 0.29) is 11.7 Å². The number of rotatable bonds is 3. The lowest BCUT2D eigenvalue weighted by Gasteiger charge is -2.01. The molecule has 0 aromatic heterocycles. The molecule has 1 atom stereocenters. The van der Waals surface area contributed by atoms with Crippen LogP contribution in [0.4, 0.5) is 0 Å². The second kappa shape index (κ2) is 6.31. The van der Waals surface area contributed by atoms with Gasteiger partial charge in [0.1, 0.15) is 0 Å². The van der Waals surface area contributed by atoms with Gasteiger partial charge in [0, 0.05) is 17.2 Å². The molecule has 0 radical (unpaired) electrons. The van der Waals surface area contributed by atoms with E-state index in [1.807, 2.05) is 43.5 Å². The Kier molecular flexibility index (Phi) is 5.00. The summed E-state index contributed by atoms with van der Waals surface area (Å²) in [4.78, 5) is 11.5. The Hall–Kier alpha value is -1.20. The number of hydrogen-bond donors (Lipinski definition) is 0. The molecule has 1 nitrogen and oxygen atoms in total. The molecule has 1 aromatic rings. The van der Waals surface area contributed by atoms with Crippen molar-refractivity contribution in [2.45, 2.75) is 6.92 Å². The molecule has 0 spiro atoms. The quantitative estimate of drug-likeness (QED) is 0.725. The first kappa shape index (κ1) is 11.9. The average molecular weight is 218 g/mol. The molecule has 1 unspecified atom stereocenters. The highest BCUT2D eigenvalue weighted by atomic mass is 32.2. The third-order valence-electron chi connectivity index (χ3n) is 1.97. The maximum atomic E-state index is 11.5. The van der Waals surface area contributed by atoms with E-state index in [1.165, 1.54) is 0 Å². The van der Waals surface area contributed by atoms with E-state index in [4.69, 9.17) is 0 Å². The van der Waals surface area contributed by atoms with Crippen LogP contribution in [-0.4, -0.2) is 17.8 Å². The number of thioether (sulfide) groups is 1. The highest BCUT2D eigenvalue weighted by Gasteiger charge is 2.08. The summed E-state index contributed by atoms with van der Waals surface area (Å²) < 4.78 is 0. The van der Waals surface area contributed by atoms with E-state index in [1.54, 1.807) is 11.8 Å². The molecule has 15 heavy (non-hydrogen) atoms. The van der Waals surface area contributed by atoms with Gasteiger partial charge < -0.3 is 0 Å². The molecule has 0 aliphatic heterocycles.